The van der Waals surface area contributed by atoms with Crippen LogP contribution in [0.4, 0.5) is 52.7 Å². The highest BCUT2D eigenvalue weighted by Crippen LogP contribution is 2.44. The van der Waals surface area contributed by atoms with Gasteiger partial charge in [0.2, 0.25) is 0 Å². The summed E-state index contributed by atoms with van der Waals surface area (Å²) in [6.07, 6.45) is -18.8. The van der Waals surface area contributed by atoms with Gasteiger partial charge in [-0.1, -0.05) is 0 Å². The minimum atomic E-state index is -5.86. The maximum Gasteiger partial charge on any atom is 0.338 e. The lowest BCUT2D eigenvalue weighted by Crippen LogP contribution is -2.60. The molecule has 0 aromatic heterocycles. The number of halogens is 12. The molecule has 0 saturated carbocycles. The van der Waals surface area contributed by atoms with Crippen LogP contribution in [0, 0.1) is 0 Å². The molecule has 2 unspecified atom stereocenters. The van der Waals surface area contributed by atoms with Crippen molar-refractivity contribution in [1.29, 1.82) is 0 Å². The fourth-order valence-corrected chi connectivity index (χ4v) is 1.46. The molecule has 0 aliphatic heterocycles. The molecular weight excluding hydrogens is 364 g/mol. The first kappa shape index (κ1) is 22.1. The summed E-state index contributed by atoms with van der Waals surface area (Å²) >= 11 is 0. The van der Waals surface area contributed by atoms with Crippen LogP contribution in [0.5, 0.6) is 0 Å². The molecule has 0 aliphatic carbocycles. The van der Waals surface area contributed by atoms with Crippen molar-refractivity contribution in [2.75, 3.05) is 0 Å². The average Bonchev–Trinajstić information content (AvgIpc) is 2.24. The van der Waals surface area contributed by atoms with Gasteiger partial charge in [0.1, 0.15) is 0 Å². The summed E-state index contributed by atoms with van der Waals surface area (Å²) in [7, 11) is 0. The molecule has 2 atom stereocenters. The molecule has 0 spiro atoms. The molecule has 0 heterocycles. The van der Waals surface area contributed by atoms with Gasteiger partial charge in [0.15, 0.2) is 12.2 Å². The number of alkyl halides is 12. The Morgan fingerprint density at radius 3 is 0.913 bits per heavy atom. The van der Waals surface area contributed by atoms with Crippen LogP contribution in [0.2, 0.25) is 0 Å². The van der Waals surface area contributed by atoms with Gasteiger partial charge in [-0.15, -0.1) is 0 Å². The van der Waals surface area contributed by atoms with E-state index in [1.54, 1.807) is 0 Å². The van der Waals surface area contributed by atoms with E-state index in [1.165, 1.54) is 0 Å². The van der Waals surface area contributed by atoms with E-state index in [0.29, 0.717) is 0 Å². The fourth-order valence-electron chi connectivity index (χ4n) is 1.46. The van der Waals surface area contributed by atoms with E-state index in [1.807, 2.05) is 0 Å². The van der Waals surface area contributed by atoms with Gasteiger partial charge in [-0.05, 0) is 0 Å². The van der Waals surface area contributed by atoms with E-state index in [4.69, 9.17) is 0 Å². The van der Waals surface area contributed by atoms with Crippen LogP contribution >= 0.6 is 0 Å². The monoisotopic (exact) mass is 374 g/mol. The van der Waals surface area contributed by atoms with E-state index >= 15 is 0 Å². The Morgan fingerprint density at radius 1 is 0.565 bits per heavy atom. The highest BCUT2D eigenvalue weighted by atomic mass is 19.3. The second-order valence-electron chi connectivity index (χ2n) is 4.76. The maximum atomic E-state index is 13.0. The minimum Gasteiger partial charge on any atom is -0.349 e. The lowest BCUT2D eigenvalue weighted by Gasteiger charge is -2.37. The predicted molar refractivity (Wildman–Crippen MR) is 51.8 cm³/mol. The molecule has 0 bridgehead atoms. The maximum absolute atomic E-state index is 13.0. The molecule has 0 radical (unpaired) electrons. The Kier molecular flexibility index (Phi) is 6.30. The highest BCUT2D eigenvalue weighted by Gasteiger charge is 2.66. The summed E-state index contributed by atoms with van der Waals surface area (Å²) in [5.74, 6) is -21.8. The van der Waals surface area contributed by atoms with Crippen molar-refractivity contribution < 1.29 is 57.4 Å². The Balaban J connectivity index is 5.94. The molecular formula is C10H10F12O. The molecule has 0 aromatic rings. The summed E-state index contributed by atoms with van der Waals surface area (Å²) in [6.45, 7) is -1.00. The Morgan fingerprint density at radius 2 is 0.783 bits per heavy atom. The van der Waals surface area contributed by atoms with E-state index in [2.05, 4.69) is 4.74 Å². The first-order chi connectivity index (χ1) is 9.86. The van der Waals surface area contributed by atoms with E-state index in [-0.39, 0.29) is 0 Å². The van der Waals surface area contributed by atoms with Gasteiger partial charge in [-0.3, -0.25) is 0 Å². The molecule has 140 valence electrons. The molecule has 13 heteroatoms. The molecule has 23 heavy (non-hydrogen) atoms. The van der Waals surface area contributed by atoms with E-state index in [9.17, 15) is 52.7 Å². The summed E-state index contributed by atoms with van der Waals surface area (Å²) in [5, 5.41) is 0. The fraction of sp³-hybridized carbons (Fsp3) is 1.00. The second-order valence-corrected chi connectivity index (χ2v) is 4.76. The van der Waals surface area contributed by atoms with Gasteiger partial charge in [0.25, 0.3) is 11.8 Å². The van der Waals surface area contributed by atoms with Crippen molar-refractivity contribution in [3.05, 3.63) is 0 Å². The Labute approximate surface area is 121 Å². The molecule has 0 fully saturated rings. The van der Waals surface area contributed by atoms with E-state index < -0.39 is 62.6 Å². The average molecular weight is 374 g/mol. The summed E-state index contributed by atoms with van der Waals surface area (Å²) in [4.78, 5) is 0. The number of ether oxygens (including phenoxy) is 1. The van der Waals surface area contributed by atoms with Crippen molar-refractivity contribution in [3.8, 4) is 0 Å². The largest absolute Gasteiger partial charge is 0.349 e. The molecule has 0 saturated heterocycles. The summed E-state index contributed by atoms with van der Waals surface area (Å²) in [6, 6.07) is 0. The Bertz CT molecular complexity index is 346. The van der Waals surface area contributed by atoms with Crippen molar-refractivity contribution in [3.63, 3.8) is 0 Å². The molecule has 0 aromatic carbocycles. The summed E-state index contributed by atoms with van der Waals surface area (Å²) in [5.41, 5.74) is 0. The third-order valence-electron chi connectivity index (χ3n) is 2.47. The zero-order chi connectivity index (χ0) is 19.0. The number of hydrogen-bond acceptors (Lipinski definition) is 1. The van der Waals surface area contributed by atoms with Gasteiger partial charge in [-0.2, -0.15) is 17.6 Å². The summed E-state index contributed by atoms with van der Waals surface area (Å²) < 4.78 is 155. The molecule has 0 amide bonds. The SMILES string of the molecule is CC(F)(F)C(OC(C(C)(F)F)C(F)(F)C(F)F)C(F)(F)C(F)F. The van der Waals surface area contributed by atoms with Crippen LogP contribution in [0.3, 0.4) is 0 Å². The standard InChI is InChI=1S/C10H10F12O/c1-7(15,16)3(9(19,20)5(11)12)23-4(8(2,17)18)10(21,22)6(13)14/h3-6H,1-2H3. The van der Waals surface area contributed by atoms with Gasteiger partial charge >= 0.3 is 24.7 Å². The van der Waals surface area contributed by atoms with Crippen LogP contribution in [0.1, 0.15) is 13.8 Å². The topological polar surface area (TPSA) is 9.23 Å². The molecule has 0 N–H and O–H groups in total. The molecule has 1 nitrogen and oxygen atoms in total. The van der Waals surface area contributed by atoms with Crippen LogP contribution in [0.15, 0.2) is 0 Å². The van der Waals surface area contributed by atoms with Gasteiger partial charge in [-0.25, -0.2) is 35.1 Å². The Hall–Kier alpha value is -0.880. The van der Waals surface area contributed by atoms with Crippen LogP contribution in [-0.4, -0.2) is 48.7 Å². The molecule has 0 rings (SSSR count). The lowest BCUT2D eigenvalue weighted by atomic mass is 10.0. The number of hydrogen-bond donors (Lipinski definition) is 0. The zero-order valence-electron chi connectivity index (χ0n) is 11.3. The second kappa shape index (κ2) is 6.55. The van der Waals surface area contributed by atoms with E-state index in [0.717, 1.165) is 0 Å². The first-order valence-corrected chi connectivity index (χ1v) is 5.59. The van der Waals surface area contributed by atoms with Crippen molar-refractivity contribution in [2.45, 2.75) is 62.6 Å². The van der Waals surface area contributed by atoms with Gasteiger partial charge in [0.05, 0.1) is 0 Å². The zero-order valence-corrected chi connectivity index (χ0v) is 11.3. The third kappa shape index (κ3) is 5.05. The van der Waals surface area contributed by atoms with Crippen LogP contribution in [-0.2, 0) is 4.74 Å². The normalized spacial score (nSPS) is 17.7. The van der Waals surface area contributed by atoms with Crippen molar-refractivity contribution in [2.24, 2.45) is 0 Å². The minimum absolute atomic E-state index is 0.501. The van der Waals surface area contributed by atoms with Gasteiger partial charge < -0.3 is 4.74 Å². The smallest absolute Gasteiger partial charge is 0.338 e. The van der Waals surface area contributed by atoms with Crippen LogP contribution < -0.4 is 0 Å². The highest BCUT2D eigenvalue weighted by molar-refractivity contribution is 4.95. The third-order valence-corrected chi connectivity index (χ3v) is 2.47. The van der Waals surface area contributed by atoms with Crippen LogP contribution in [0.25, 0.3) is 0 Å². The first-order valence-electron chi connectivity index (χ1n) is 5.59. The lowest BCUT2D eigenvalue weighted by molar-refractivity contribution is -0.337. The van der Waals surface area contributed by atoms with Crippen molar-refractivity contribution in [1.82, 2.24) is 0 Å². The molecule has 0 aliphatic rings. The predicted octanol–water partition coefficient (Wildman–Crippen LogP) is 4.85. The van der Waals surface area contributed by atoms with Crippen molar-refractivity contribution >= 4 is 0 Å². The quantitative estimate of drug-likeness (QED) is 0.552. The van der Waals surface area contributed by atoms with Gasteiger partial charge in [0, 0.05) is 13.8 Å². The number of rotatable bonds is 8.